The molecule has 0 rings (SSSR count). The quantitative estimate of drug-likeness (QED) is 0.0464. The van der Waals surface area contributed by atoms with Crippen LogP contribution in [0.2, 0.25) is 0 Å². The van der Waals surface area contributed by atoms with Crippen molar-refractivity contribution in [2.75, 3.05) is 18.8 Å². The van der Waals surface area contributed by atoms with Crippen molar-refractivity contribution in [3.63, 3.8) is 0 Å². The molecule has 0 spiro atoms. The summed E-state index contributed by atoms with van der Waals surface area (Å²) in [6, 6.07) is -3.86. The fourth-order valence-corrected chi connectivity index (χ4v) is 2.28. The molecule has 0 fully saturated rings. The molecule has 0 radical (unpaired) electrons. The highest BCUT2D eigenvalue weighted by Crippen LogP contribution is 1.98. The summed E-state index contributed by atoms with van der Waals surface area (Å²) in [5.74, 6) is -6.47. The van der Waals surface area contributed by atoms with Gasteiger partial charge in [0.15, 0.2) is 5.96 Å². The van der Waals surface area contributed by atoms with Crippen LogP contribution in [0, 0.1) is 0 Å². The number of carbonyl (C=O) groups excluding carboxylic acids is 3. The van der Waals surface area contributed by atoms with Gasteiger partial charge in [-0.15, -0.1) is 0 Å². The van der Waals surface area contributed by atoms with Gasteiger partial charge in [0.05, 0.1) is 19.0 Å². The molecule has 0 aliphatic heterocycles. The summed E-state index contributed by atoms with van der Waals surface area (Å²) < 4.78 is 0. The first-order chi connectivity index (χ1) is 15.7. The summed E-state index contributed by atoms with van der Waals surface area (Å²) in [4.78, 5) is 70.6. The molecule has 12 N–H and O–H groups in total. The van der Waals surface area contributed by atoms with Crippen molar-refractivity contribution in [3.05, 3.63) is 0 Å². The van der Waals surface area contributed by atoms with Gasteiger partial charge in [0.1, 0.15) is 12.1 Å². The Morgan fingerprint density at radius 3 is 1.97 bits per heavy atom. The highest BCUT2D eigenvalue weighted by molar-refractivity contribution is 7.80. The van der Waals surface area contributed by atoms with Gasteiger partial charge >= 0.3 is 11.9 Å². The summed E-state index contributed by atoms with van der Waals surface area (Å²) in [7, 11) is 0. The molecule has 0 unspecified atom stereocenters. The number of hydrogen-bond donors (Lipinski definition) is 10. The number of amides is 3. The van der Waals surface area contributed by atoms with Crippen LogP contribution in [0.15, 0.2) is 4.99 Å². The van der Waals surface area contributed by atoms with Gasteiger partial charge in [0.25, 0.3) is 5.97 Å². The lowest BCUT2D eigenvalue weighted by molar-refractivity contribution is -0.143. The van der Waals surface area contributed by atoms with E-state index in [1.165, 1.54) is 0 Å². The lowest BCUT2D eigenvalue weighted by Gasteiger charge is -2.20. The summed E-state index contributed by atoms with van der Waals surface area (Å²) in [6.45, 7) is 0.790. The number of hydrogen-bond acceptors (Lipinski definition) is 9. The van der Waals surface area contributed by atoms with E-state index < -0.39 is 66.7 Å². The maximum atomic E-state index is 12.1. The number of carboxylic acid groups (broad SMARTS) is 3. The normalized spacial score (nSPS) is 12.4. The summed E-state index contributed by atoms with van der Waals surface area (Å²) >= 11 is 3.78. The van der Waals surface area contributed by atoms with Crippen molar-refractivity contribution in [1.82, 2.24) is 16.0 Å². The maximum absolute atomic E-state index is 12.1. The van der Waals surface area contributed by atoms with Crippen LogP contribution in [-0.4, -0.2) is 93.9 Å². The highest BCUT2D eigenvalue weighted by atomic mass is 32.1. The number of thiol groups is 1. The fourth-order valence-electron chi connectivity index (χ4n) is 2.04. The molecule has 3 atom stereocenters. The predicted molar refractivity (Wildman–Crippen MR) is 122 cm³/mol. The average Bonchev–Trinajstić information content (AvgIpc) is 2.71. The number of guanidine groups is 1. The summed E-state index contributed by atoms with van der Waals surface area (Å²) in [5.41, 5.74) is 16.0. The summed E-state index contributed by atoms with van der Waals surface area (Å²) in [6.07, 6.45) is -0.126. The molecular formula is C17H31N7O9S. The number of nitrogens with two attached hydrogens (primary N) is 3. The highest BCUT2D eigenvalue weighted by Gasteiger charge is 2.28. The molecule has 0 aliphatic rings. The largest absolute Gasteiger partial charge is 0.481 e. The van der Waals surface area contributed by atoms with Gasteiger partial charge in [-0.2, -0.15) is 12.6 Å². The molecule has 0 bridgehead atoms. The Kier molecular flexibility index (Phi) is 17.1. The Labute approximate surface area is 200 Å². The summed E-state index contributed by atoms with van der Waals surface area (Å²) in [5, 5.41) is 31.7. The lowest BCUT2D eigenvalue weighted by atomic mass is 10.1. The topological polar surface area (TPSA) is 290 Å². The molecule has 194 valence electrons. The van der Waals surface area contributed by atoms with Crippen molar-refractivity contribution in [3.8, 4) is 0 Å². The van der Waals surface area contributed by atoms with E-state index in [0.29, 0.717) is 6.42 Å². The first-order valence-corrected chi connectivity index (χ1v) is 10.3. The molecular weight excluding hydrogens is 478 g/mol. The first kappa shape index (κ1) is 32.6. The second-order valence-electron chi connectivity index (χ2n) is 6.59. The van der Waals surface area contributed by atoms with E-state index in [2.05, 4.69) is 33.6 Å². The average molecular weight is 510 g/mol. The molecule has 3 amide bonds. The maximum Gasteiger partial charge on any atom is 0.327 e. The van der Waals surface area contributed by atoms with Crippen LogP contribution in [0.5, 0.6) is 0 Å². The Morgan fingerprint density at radius 2 is 1.53 bits per heavy atom. The number of aliphatic carboxylic acids is 3. The number of carbonyl (C=O) groups is 6. The van der Waals surface area contributed by atoms with E-state index in [1.807, 2.05) is 0 Å². The van der Waals surface area contributed by atoms with Gasteiger partial charge in [-0.3, -0.25) is 29.0 Å². The number of nitrogens with one attached hydrogen (secondary N) is 3. The molecule has 0 saturated carbocycles. The van der Waals surface area contributed by atoms with Crippen LogP contribution >= 0.6 is 12.6 Å². The van der Waals surface area contributed by atoms with Gasteiger partial charge in [-0.05, 0) is 12.8 Å². The number of rotatable bonds is 14. The zero-order chi connectivity index (χ0) is 26.8. The minimum absolute atomic E-state index is 0.0892. The minimum atomic E-state index is -1.55. The van der Waals surface area contributed by atoms with Crippen LogP contribution in [0.1, 0.15) is 26.2 Å². The number of nitrogens with zero attached hydrogens (tertiary/aromatic N) is 1. The standard InChI is InChI=1S/C15H27N7O7S.C2H4O2/c16-7(2-1-3-19-15(17)18)12(26)20-5-10(23)21-8(4-11(24)25)13(27)22-9(6-30)14(28)29;1-2(3)4/h7-9,30H,1-6,16H2,(H,20,26)(H,21,23)(H,22,27)(H,24,25)(H,28,29)(H4,17,18,19);1H3,(H,3,4)/t7-,8+,9-;/m0./s1. The zero-order valence-corrected chi connectivity index (χ0v) is 19.3. The predicted octanol–water partition coefficient (Wildman–Crippen LogP) is -3.97. The Bertz CT molecular complexity index is 756. The second kappa shape index (κ2) is 17.9. The van der Waals surface area contributed by atoms with E-state index in [4.69, 9.17) is 37.3 Å². The molecule has 34 heavy (non-hydrogen) atoms. The van der Waals surface area contributed by atoms with Crippen molar-refractivity contribution in [2.45, 2.75) is 44.3 Å². The van der Waals surface area contributed by atoms with Gasteiger partial charge in [0, 0.05) is 19.2 Å². The van der Waals surface area contributed by atoms with Crippen molar-refractivity contribution >= 4 is 54.2 Å². The third-order valence-corrected chi connectivity index (χ3v) is 3.92. The van der Waals surface area contributed by atoms with Gasteiger partial charge in [-0.25, -0.2) is 4.79 Å². The molecule has 17 heteroatoms. The third kappa shape index (κ3) is 18.0. The number of aliphatic imine (C=N–C) groups is 1. The Morgan fingerprint density at radius 1 is 0.971 bits per heavy atom. The first-order valence-electron chi connectivity index (χ1n) is 9.64. The van der Waals surface area contributed by atoms with Crippen LogP contribution in [-0.2, 0) is 28.8 Å². The molecule has 0 aromatic rings. The minimum Gasteiger partial charge on any atom is -0.481 e. The third-order valence-electron chi connectivity index (χ3n) is 3.56. The monoisotopic (exact) mass is 509 g/mol. The smallest absolute Gasteiger partial charge is 0.327 e. The number of carboxylic acids is 3. The van der Waals surface area contributed by atoms with Crippen molar-refractivity contribution in [1.29, 1.82) is 0 Å². The Balaban J connectivity index is 0. The van der Waals surface area contributed by atoms with E-state index in [9.17, 15) is 24.0 Å². The lowest BCUT2D eigenvalue weighted by Crippen LogP contribution is -2.54. The Hall–Kier alpha value is -3.60. The molecule has 16 nitrogen and oxygen atoms in total. The van der Waals surface area contributed by atoms with Crippen LogP contribution in [0.25, 0.3) is 0 Å². The molecule has 0 aromatic carbocycles. The van der Waals surface area contributed by atoms with Crippen molar-refractivity contribution in [2.24, 2.45) is 22.2 Å². The molecule has 0 saturated heterocycles. The van der Waals surface area contributed by atoms with Crippen molar-refractivity contribution < 1.29 is 44.1 Å². The van der Waals surface area contributed by atoms with E-state index in [1.54, 1.807) is 0 Å². The molecule has 0 heterocycles. The molecule has 0 aromatic heterocycles. The van der Waals surface area contributed by atoms with Gasteiger partial charge in [0.2, 0.25) is 17.7 Å². The fraction of sp³-hybridized carbons (Fsp3) is 0.588. The van der Waals surface area contributed by atoms with Crippen LogP contribution < -0.4 is 33.2 Å². The van der Waals surface area contributed by atoms with E-state index >= 15 is 0 Å². The van der Waals surface area contributed by atoms with Gasteiger partial charge < -0.3 is 48.5 Å². The van der Waals surface area contributed by atoms with E-state index in [0.717, 1.165) is 6.92 Å². The second-order valence-corrected chi connectivity index (χ2v) is 6.96. The SMILES string of the molecule is CC(=O)O.NC(N)=NCCC[C@H](N)C(=O)NCC(=O)N[C@H](CC(=O)O)C(=O)N[C@@H](CS)C(=O)O. The van der Waals surface area contributed by atoms with Crippen LogP contribution in [0.3, 0.4) is 0 Å². The van der Waals surface area contributed by atoms with E-state index in [-0.39, 0.29) is 24.7 Å². The molecule has 0 aliphatic carbocycles. The van der Waals surface area contributed by atoms with Gasteiger partial charge in [-0.1, -0.05) is 0 Å². The van der Waals surface area contributed by atoms with Crippen LogP contribution in [0.4, 0.5) is 0 Å². The zero-order valence-electron chi connectivity index (χ0n) is 18.4.